The van der Waals surface area contributed by atoms with E-state index in [4.69, 9.17) is 4.74 Å². The highest BCUT2D eigenvalue weighted by Gasteiger charge is 2.12. The van der Waals surface area contributed by atoms with E-state index < -0.39 is 5.97 Å². The Balaban J connectivity index is 2.34. The quantitative estimate of drug-likeness (QED) is 0.704. The fourth-order valence-electron chi connectivity index (χ4n) is 2.33. The minimum Gasteiger partial charge on any atom is -0.452 e. The Labute approximate surface area is 145 Å². The summed E-state index contributed by atoms with van der Waals surface area (Å²) in [7, 11) is 3.86. The molecule has 0 spiro atoms. The van der Waals surface area contributed by atoms with E-state index in [-0.39, 0.29) is 18.6 Å². The first kappa shape index (κ1) is 20.0. The molecule has 24 heavy (non-hydrogen) atoms. The Morgan fingerprint density at radius 3 is 2.25 bits per heavy atom. The van der Waals surface area contributed by atoms with Gasteiger partial charge in [0.25, 0.3) is 5.91 Å². The molecule has 0 aliphatic carbocycles. The van der Waals surface area contributed by atoms with Crippen molar-refractivity contribution in [2.24, 2.45) is 5.92 Å². The number of nitrogens with one attached hydrogen (secondary N) is 1. The summed E-state index contributed by atoms with van der Waals surface area (Å²) >= 11 is 0. The molecular weight excluding hydrogens is 304 g/mol. The van der Waals surface area contributed by atoms with Gasteiger partial charge in [-0.25, -0.2) is 4.79 Å². The maximum Gasteiger partial charge on any atom is 0.338 e. The number of rotatable bonds is 9. The molecule has 1 aromatic rings. The summed E-state index contributed by atoms with van der Waals surface area (Å²) in [5.74, 6) is -0.0685. The van der Waals surface area contributed by atoms with Crippen molar-refractivity contribution in [3.63, 3.8) is 0 Å². The maximum atomic E-state index is 11.9. The molecule has 5 nitrogen and oxygen atoms in total. The van der Waals surface area contributed by atoms with Crippen molar-refractivity contribution in [1.82, 2.24) is 5.32 Å². The minimum atomic E-state index is -0.483. The molecule has 0 fully saturated rings. The summed E-state index contributed by atoms with van der Waals surface area (Å²) < 4.78 is 5.07. The summed E-state index contributed by atoms with van der Waals surface area (Å²) in [5.41, 5.74) is 1.44. The molecule has 1 aromatic carbocycles. The van der Waals surface area contributed by atoms with E-state index in [1.54, 1.807) is 12.1 Å². The van der Waals surface area contributed by atoms with Crippen LogP contribution in [0.5, 0.6) is 0 Å². The van der Waals surface area contributed by atoms with Gasteiger partial charge in [-0.1, -0.05) is 26.7 Å². The van der Waals surface area contributed by atoms with E-state index >= 15 is 0 Å². The second-order valence-corrected chi connectivity index (χ2v) is 6.81. The van der Waals surface area contributed by atoms with E-state index in [0.717, 1.165) is 24.9 Å². The lowest BCUT2D eigenvalue weighted by Crippen LogP contribution is -2.35. The fraction of sp³-hybridized carbons (Fsp3) is 0.579. The lowest BCUT2D eigenvalue weighted by molar-refractivity contribution is -0.124. The Bertz CT molecular complexity index is 524. The Hall–Kier alpha value is -2.04. The molecule has 0 aromatic heterocycles. The number of nitrogens with zero attached hydrogens (tertiary/aromatic N) is 1. The van der Waals surface area contributed by atoms with Crippen LogP contribution in [-0.4, -0.2) is 38.6 Å². The van der Waals surface area contributed by atoms with E-state index in [1.165, 1.54) is 0 Å². The van der Waals surface area contributed by atoms with Crippen LogP contribution in [0.1, 0.15) is 50.4 Å². The van der Waals surface area contributed by atoms with Crippen LogP contribution in [0.3, 0.4) is 0 Å². The Morgan fingerprint density at radius 1 is 1.08 bits per heavy atom. The SMILES string of the molecule is CC(C)CCC[C@@H](C)NC(=O)COC(=O)c1ccc(N(C)C)cc1. The summed E-state index contributed by atoms with van der Waals surface area (Å²) in [4.78, 5) is 25.7. The molecular formula is C19H30N2O3. The molecule has 1 N–H and O–H groups in total. The zero-order valence-electron chi connectivity index (χ0n) is 15.5. The average Bonchev–Trinajstić information content (AvgIpc) is 2.52. The van der Waals surface area contributed by atoms with Crippen molar-refractivity contribution >= 4 is 17.6 Å². The van der Waals surface area contributed by atoms with E-state index in [1.807, 2.05) is 38.1 Å². The van der Waals surface area contributed by atoms with Crippen molar-refractivity contribution in [3.05, 3.63) is 29.8 Å². The van der Waals surface area contributed by atoms with Gasteiger partial charge in [0.05, 0.1) is 5.56 Å². The molecule has 5 heteroatoms. The van der Waals surface area contributed by atoms with Gasteiger partial charge in [0.15, 0.2) is 6.61 Å². The van der Waals surface area contributed by atoms with Crippen LogP contribution in [0.25, 0.3) is 0 Å². The van der Waals surface area contributed by atoms with Crippen LogP contribution in [0.15, 0.2) is 24.3 Å². The highest BCUT2D eigenvalue weighted by atomic mass is 16.5. The number of hydrogen-bond donors (Lipinski definition) is 1. The van der Waals surface area contributed by atoms with Crippen molar-refractivity contribution in [3.8, 4) is 0 Å². The van der Waals surface area contributed by atoms with Gasteiger partial charge >= 0.3 is 5.97 Å². The average molecular weight is 334 g/mol. The highest BCUT2D eigenvalue weighted by Crippen LogP contribution is 2.13. The number of hydrogen-bond acceptors (Lipinski definition) is 4. The fourth-order valence-corrected chi connectivity index (χ4v) is 2.33. The van der Waals surface area contributed by atoms with E-state index in [2.05, 4.69) is 19.2 Å². The highest BCUT2D eigenvalue weighted by molar-refractivity contribution is 5.91. The largest absolute Gasteiger partial charge is 0.452 e. The van der Waals surface area contributed by atoms with Crippen molar-refractivity contribution < 1.29 is 14.3 Å². The van der Waals surface area contributed by atoms with Crippen LogP contribution < -0.4 is 10.2 Å². The Kier molecular flexibility index (Phi) is 8.30. The molecule has 0 radical (unpaired) electrons. The Morgan fingerprint density at radius 2 is 1.71 bits per heavy atom. The number of ether oxygens (including phenoxy) is 1. The van der Waals surface area contributed by atoms with Gasteiger partial charge in [0.1, 0.15) is 0 Å². The predicted molar refractivity (Wildman–Crippen MR) is 97.3 cm³/mol. The molecule has 0 aliphatic heterocycles. The standard InChI is InChI=1S/C19H30N2O3/c1-14(2)7-6-8-15(3)20-18(22)13-24-19(23)16-9-11-17(12-10-16)21(4)5/h9-12,14-15H,6-8,13H2,1-5H3,(H,20,22)/t15-/m1/s1. The van der Waals surface area contributed by atoms with Gasteiger partial charge in [-0.2, -0.15) is 0 Å². The molecule has 1 rings (SSSR count). The van der Waals surface area contributed by atoms with Crippen molar-refractivity contribution in [2.75, 3.05) is 25.6 Å². The third-order valence-electron chi connectivity index (χ3n) is 3.78. The number of carbonyl (C=O) groups is 2. The van der Waals surface area contributed by atoms with Gasteiger partial charge in [-0.05, 0) is 43.5 Å². The number of amides is 1. The van der Waals surface area contributed by atoms with E-state index in [0.29, 0.717) is 11.5 Å². The summed E-state index contributed by atoms with van der Waals surface area (Å²) in [6.45, 7) is 6.10. The van der Waals surface area contributed by atoms with Gasteiger partial charge in [-0.3, -0.25) is 4.79 Å². The molecule has 134 valence electrons. The third kappa shape index (κ3) is 7.49. The predicted octanol–water partition coefficient (Wildman–Crippen LogP) is 3.24. The van der Waals surface area contributed by atoms with Gasteiger partial charge in [0.2, 0.25) is 0 Å². The first-order valence-electron chi connectivity index (χ1n) is 8.53. The lowest BCUT2D eigenvalue weighted by Gasteiger charge is -2.15. The molecule has 0 aliphatic rings. The molecule has 0 saturated heterocycles. The van der Waals surface area contributed by atoms with Crippen molar-refractivity contribution in [2.45, 2.75) is 46.1 Å². The van der Waals surface area contributed by atoms with Gasteiger partial charge in [0, 0.05) is 25.8 Å². The lowest BCUT2D eigenvalue weighted by atomic mass is 10.0. The number of carbonyl (C=O) groups excluding carboxylic acids is 2. The second-order valence-electron chi connectivity index (χ2n) is 6.81. The summed E-state index contributed by atoms with van der Waals surface area (Å²) in [6.07, 6.45) is 3.17. The molecule has 1 atom stereocenters. The van der Waals surface area contributed by atoms with Crippen LogP contribution >= 0.6 is 0 Å². The zero-order chi connectivity index (χ0) is 18.1. The van der Waals surface area contributed by atoms with Gasteiger partial charge in [-0.15, -0.1) is 0 Å². The van der Waals surface area contributed by atoms with Crippen molar-refractivity contribution in [1.29, 1.82) is 0 Å². The first-order valence-corrected chi connectivity index (χ1v) is 8.53. The first-order chi connectivity index (χ1) is 11.3. The number of esters is 1. The van der Waals surface area contributed by atoms with Crippen LogP contribution in [0.2, 0.25) is 0 Å². The number of anilines is 1. The zero-order valence-corrected chi connectivity index (χ0v) is 15.5. The van der Waals surface area contributed by atoms with Gasteiger partial charge < -0.3 is 15.0 Å². The second kappa shape index (κ2) is 9.96. The van der Waals surface area contributed by atoms with E-state index in [9.17, 15) is 9.59 Å². The maximum absolute atomic E-state index is 11.9. The summed E-state index contributed by atoms with van der Waals surface area (Å²) in [6, 6.07) is 7.17. The summed E-state index contributed by atoms with van der Waals surface area (Å²) in [5, 5.41) is 2.86. The molecule has 0 unspecified atom stereocenters. The normalized spacial score (nSPS) is 11.9. The monoisotopic (exact) mass is 334 g/mol. The number of benzene rings is 1. The molecule has 0 bridgehead atoms. The molecule has 0 heterocycles. The smallest absolute Gasteiger partial charge is 0.338 e. The molecule has 1 amide bonds. The van der Waals surface area contributed by atoms with Crippen LogP contribution in [-0.2, 0) is 9.53 Å². The molecule has 0 saturated carbocycles. The van der Waals surface area contributed by atoms with Crippen LogP contribution in [0, 0.1) is 5.92 Å². The minimum absolute atomic E-state index is 0.0920. The van der Waals surface area contributed by atoms with Crippen LogP contribution in [0.4, 0.5) is 5.69 Å². The third-order valence-corrected chi connectivity index (χ3v) is 3.78. The topological polar surface area (TPSA) is 58.6 Å².